The zero-order chi connectivity index (χ0) is 17.4. The summed E-state index contributed by atoms with van der Waals surface area (Å²) in [6.45, 7) is 3.21. The Balaban J connectivity index is 2.62. The Bertz CT molecular complexity index is 599. The van der Waals surface area contributed by atoms with E-state index in [1.165, 1.54) is 31.2 Å². The summed E-state index contributed by atoms with van der Waals surface area (Å²) in [5.74, 6) is -1.59. The van der Waals surface area contributed by atoms with Crippen LogP contribution in [-0.4, -0.2) is 36.7 Å². The van der Waals surface area contributed by atoms with Crippen LogP contribution in [0.2, 0.25) is 0 Å². The highest BCUT2D eigenvalue weighted by Gasteiger charge is 2.20. The summed E-state index contributed by atoms with van der Waals surface area (Å²) in [6, 6.07) is 4.72. The van der Waals surface area contributed by atoms with Crippen molar-refractivity contribution >= 4 is 29.7 Å². The average molecular weight is 323 g/mol. The molecule has 1 aromatic carbocycles. The Morgan fingerprint density at radius 2 is 1.78 bits per heavy atom. The molecule has 1 rings (SSSR count). The van der Waals surface area contributed by atoms with Crippen LogP contribution < -0.4 is 16.4 Å². The number of esters is 1. The molecule has 4 amide bonds. The second-order valence-corrected chi connectivity index (χ2v) is 4.32. The number of hydrogen-bond acceptors (Lipinski definition) is 6. The zero-order valence-corrected chi connectivity index (χ0v) is 12.6. The fraction of sp³-hybridized carbons (Fsp3) is 0.286. The maximum atomic E-state index is 11.9. The summed E-state index contributed by atoms with van der Waals surface area (Å²) < 4.78 is 9.60. The molecule has 0 fully saturated rings. The van der Waals surface area contributed by atoms with Crippen molar-refractivity contribution < 1.29 is 28.7 Å². The van der Waals surface area contributed by atoms with Crippen molar-refractivity contribution in [2.75, 3.05) is 11.9 Å². The minimum Gasteiger partial charge on any atom is -0.450 e. The van der Waals surface area contributed by atoms with Gasteiger partial charge in [0.1, 0.15) is 0 Å². The van der Waals surface area contributed by atoms with Gasteiger partial charge in [0, 0.05) is 5.69 Å². The van der Waals surface area contributed by atoms with E-state index in [-0.39, 0.29) is 12.2 Å². The molecule has 0 aromatic heterocycles. The number of imide groups is 1. The van der Waals surface area contributed by atoms with Crippen molar-refractivity contribution in [3.63, 3.8) is 0 Å². The van der Waals surface area contributed by atoms with Gasteiger partial charge in [-0.1, -0.05) is 0 Å². The number of hydrogen-bond donors (Lipinski definition) is 3. The second-order valence-electron chi connectivity index (χ2n) is 4.32. The Hall–Kier alpha value is -3.10. The summed E-state index contributed by atoms with van der Waals surface area (Å²) in [4.78, 5) is 45.0. The lowest BCUT2D eigenvalue weighted by molar-refractivity contribution is -0.127. The summed E-state index contributed by atoms with van der Waals surface area (Å²) in [5.41, 5.74) is 5.39. The SMILES string of the molecule is CCOC(=O)Nc1ccc(C(=O)OC(C)C(=O)NC(N)=O)cc1. The van der Waals surface area contributed by atoms with Crippen LogP contribution in [0.4, 0.5) is 15.3 Å². The molecule has 23 heavy (non-hydrogen) atoms. The number of rotatable bonds is 5. The van der Waals surface area contributed by atoms with E-state index in [4.69, 9.17) is 15.2 Å². The van der Waals surface area contributed by atoms with Crippen molar-refractivity contribution in [3.05, 3.63) is 29.8 Å². The Morgan fingerprint density at radius 1 is 1.17 bits per heavy atom. The van der Waals surface area contributed by atoms with Crippen LogP contribution in [-0.2, 0) is 14.3 Å². The molecule has 0 saturated heterocycles. The lowest BCUT2D eigenvalue weighted by atomic mass is 10.2. The van der Waals surface area contributed by atoms with Gasteiger partial charge in [0.2, 0.25) is 0 Å². The molecule has 1 unspecified atom stereocenters. The molecule has 0 bridgehead atoms. The Kier molecular flexibility index (Phi) is 6.53. The molecular formula is C14H17N3O6. The third kappa shape index (κ3) is 6.04. The van der Waals surface area contributed by atoms with Crippen LogP contribution in [0.3, 0.4) is 0 Å². The van der Waals surface area contributed by atoms with Crippen LogP contribution in [0.1, 0.15) is 24.2 Å². The number of anilines is 1. The van der Waals surface area contributed by atoms with E-state index in [2.05, 4.69) is 5.32 Å². The number of urea groups is 1. The van der Waals surface area contributed by atoms with E-state index in [0.29, 0.717) is 5.69 Å². The Morgan fingerprint density at radius 3 is 2.30 bits per heavy atom. The van der Waals surface area contributed by atoms with Gasteiger partial charge < -0.3 is 15.2 Å². The molecule has 0 radical (unpaired) electrons. The fourth-order valence-electron chi connectivity index (χ4n) is 1.48. The van der Waals surface area contributed by atoms with Gasteiger partial charge in [-0.25, -0.2) is 14.4 Å². The largest absolute Gasteiger partial charge is 0.450 e. The number of carbonyl (C=O) groups excluding carboxylic acids is 4. The van der Waals surface area contributed by atoms with Gasteiger partial charge >= 0.3 is 18.1 Å². The molecule has 1 atom stereocenters. The van der Waals surface area contributed by atoms with Crippen molar-refractivity contribution in [3.8, 4) is 0 Å². The molecule has 124 valence electrons. The van der Waals surface area contributed by atoms with Gasteiger partial charge in [-0.05, 0) is 38.1 Å². The van der Waals surface area contributed by atoms with E-state index in [0.717, 1.165) is 0 Å². The van der Waals surface area contributed by atoms with Crippen molar-refractivity contribution in [1.29, 1.82) is 0 Å². The van der Waals surface area contributed by atoms with E-state index >= 15 is 0 Å². The number of carbonyl (C=O) groups is 4. The smallest absolute Gasteiger partial charge is 0.411 e. The predicted molar refractivity (Wildman–Crippen MR) is 79.7 cm³/mol. The molecule has 1 aromatic rings. The maximum absolute atomic E-state index is 11.9. The molecular weight excluding hydrogens is 306 g/mol. The van der Waals surface area contributed by atoms with Crippen molar-refractivity contribution in [2.45, 2.75) is 20.0 Å². The summed E-state index contributed by atoms with van der Waals surface area (Å²) in [6.07, 6.45) is -1.80. The Labute approximate surface area is 132 Å². The third-order valence-corrected chi connectivity index (χ3v) is 2.54. The number of ether oxygens (including phenoxy) is 2. The third-order valence-electron chi connectivity index (χ3n) is 2.54. The maximum Gasteiger partial charge on any atom is 0.411 e. The highest BCUT2D eigenvalue weighted by Crippen LogP contribution is 2.11. The van der Waals surface area contributed by atoms with Crippen LogP contribution in [0, 0.1) is 0 Å². The van der Waals surface area contributed by atoms with E-state index in [1.807, 2.05) is 0 Å². The van der Waals surface area contributed by atoms with Crippen molar-refractivity contribution in [1.82, 2.24) is 5.32 Å². The first-order chi connectivity index (χ1) is 10.8. The molecule has 0 saturated carbocycles. The number of nitrogens with two attached hydrogens (primary N) is 1. The predicted octanol–water partition coefficient (Wildman–Crippen LogP) is 0.995. The van der Waals surface area contributed by atoms with E-state index in [9.17, 15) is 19.2 Å². The van der Waals surface area contributed by atoms with Crippen molar-refractivity contribution in [2.24, 2.45) is 5.73 Å². The summed E-state index contributed by atoms with van der Waals surface area (Å²) >= 11 is 0. The monoisotopic (exact) mass is 323 g/mol. The highest BCUT2D eigenvalue weighted by molar-refractivity contribution is 5.98. The molecule has 0 aliphatic rings. The molecule has 9 nitrogen and oxygen atoms in total. The molecule has 0 aliphatic heterocycles. The van der Waals surface area contributed by atoms with Crippen LogP contribution in [0.15, 0.2) is 24.3 Å². The molecule has 0 aliphatic carbocycles. The number of amides is 4. The molecule has 0 heterocycles. The van der Waals surface area contributed by atoms with Gasteiger partial charge in [0.05, 0.1) is 12.2 Å². The van der Waals surface area contributed by atoms with E-state index in [1.54, 1.807) is 12.2 Å². The normalized spacial score (nSPS) is 11.0. The van der Waals surface area contributed by atoms with Gasteiger partial charge in [-0.3, -0.25) is 15.4 Å². The lowest BCUT2D eigenvalue weighted by Gasteiger charge is -2.12. The fourth-order valence-corrected chi connectivity index (χ4v) is 1.48. The topological polar surface area (TPSA) is 137 Å². The lowest BCUT2D eigenvalue weighted by Crippen LogP contribution is -2.42. The van der Waals surface area contributed by atoms with Gasteiger partial charge in [0.25, 0.3) is 5.91 Å². The second kappa shape index (κ2) is 8.37. The van der Waals surface area contributed by atoms with E-state index < -0.39 is 30.1 Å². The number of primary amides is 1. The molecule has 9 heteroatoms. The number of nitrogens with one attached hydrogen (secondary N) is 2. The minimum absolute atomic E-state index is 0.165. The summed E-state index contributed by atoms with van der Waals surface area (Å²) in [5, 5.41) is 4.26. The summed E-state index contributed by atoms with van der Waals surface area (Å²) in [7, 11) is 0. The highest BCUT2D eigenvalue weighted by atomic mass is 16.6. The van der Waals surface area contributed by atoms with Gasteiger partial charge in [-0.15, -0.1) is 0 Å². The van der Waals surface area contributed by atoms with Gasteiger partial charge in [0.15, 0.2) is 6.10 Å². The van der Waals surface area contributed by atoms with Crippen LogP contribution in [0.25, 0.3) is 0 Å². The first-order valence-electron chi connectivity index (χ1n) is 6.68. The number of benzene rings is 1. The molecule has 4 N–H and O–H groups in total. The van der Waals surface area contributed by atoms with Crippen LogP contribution in [0.5, 0.6) is 0 Å². The quantitative estimate of drug-likeness (QED) is 0.691. The van der Waals surface area contributed by atoms with Gasteiger partial charge in [-0.2, -0.15) is 0 Å². The molecule has 0 spiro atoms. The standard InChI is InChI=1S/C14H17N3O6/c1-3-22-14(21)16-10-6-4-9(5-7-10)12(19)23-8(2)11(18)17-13(15)20/h4-8H,3H2,1-2H3,(H,16,21)(H3,15,17,18,20). The zero-order valence-electron chi connectivity index (χ0n) is 12.6. The minimum atomic E-state index is -1.19. The average Bonchev–Trinajstić information content (AvgIpc) is 2.47. The first kappa shape index (κ1) is 18.0. The first-order valence-corrected chi connectivity index (χ1v) is 6.68. The van der Waals surface area contributed by atoms with Crippen LogP contribution >= 0.6 is 0 Å².